The maximum absolute atomic E-state index is 2.41. The standard InChI is InChI=1S/C38H35N/c1-28-10-8-14-33(24-28)38(34-15-9-11-29(2)25-34)26-30-18-21-36(22-19-30)39(35-16-4-3-5-17-35)37-23-20-31-12-6-7-13-32(31)27-37/h3-5,8-11,14-27H,6-7,12-13H2,1-2H3. The van der Waals surface area contributed by atoms with E-state index in [0.717, 1.165) is 0 Å². The lowest BCUT2D eigenvalue weighted by molar-refractivity contribution is 0.685. The summed E-state index contributed by atoms with van der Waals surface area (Å²) in [5, 5.41) is 0. The Morgan fingerprint density at radius 2 is 1.13 bits per heavy atom. The second kappa shape index (κ2) is 11.2. The lowest BCUT2D eigenvalue weighted by atomic mass is 9.91. The van der Waals surface area contributed by atoms with Crippen molar-refractivity contribution in [3.8, 4) is 0 Å². The molecule has 5 aromatic rings. The van der Waals surface area contributed by atoms with Crippen LogP contribution in [0.15, 0.2) is 121 Å². The van der Waals surface area contributed by atoms with E-state index in [2.05, 4.69) is 146 Å². The first-order valence-electron chi connectivity index (χ1n) is 14.1. The van der Waals surface area contributed by atoms with Crippen LogP contribution in [-0.4, -0.2) is 0 Å². The minimum atomic E-state index is 1.17. The lowest BCUT2D eigenvalue weighted by Crippen LogP contribution is -2.11. The van der Waals surface area contributed by atoms with Gasteiger partial charge in [0.05, 0.1) is 0 Å². The Bertz CT molecular complexity index is 1560. The number of nitrogens with zero attached hydrogens (tertiary/aromatic N) is 1. The van der Waals surface area contributed by atoms with Gasteiger partial charge in [0.25, 0.3) is 0 Å². The summed E-state index contributed by atoms with van der Waals surface area (Å²) in [5.74, 6) is 0. The molecule has 5 aromatic carbocycles. The second-order valence-corrected chi connectivity index (χ2v) is 10.7. The largest absolute Gasteiger partial charge is 0.310 e. The van der Waals surface area contributed by atoms with Gasteiger partial charge in [-0.1, -0.05) is 96.1 Å². The first kappa shape index (κ1) is 24.9. The van der Waals surface area contributed by atoms with Crippen LogP contribution in [0.5, 0.6) is 0 Å². The maximum atomic E-state index is 2.41. The minimum Gasteiger partial charge on any atom is -0.310 e. The first-order valence-corrected chi connectivity index (χ1v) is 14.1. The predicted octanol–water partition coefficient (Wildman–Crippen LogP) is 10.2. The van der Waals surface area contributed by atoms with Crippen LogP contribution in [0.3, 0.4) is 0 Å². The van der Waals surface area contributed by atoms with Gasteiger partial charge in [-0.15, -0.1) is 0 Å². The van der Waals surface area contributed by atoms with Crippen molar-refractivity contribution in [2.45, 2.75) is 39.5 Å². The molecule has 0 radical (unpaired) electrons. The van der Waals surface area contributed by atoms with Crippen LogP contribution < -0.4 is 4.90 Å². The van der Waals surface area contributed by atoms with E-state index in [-0.39, 0.29) is 0 Å². The molecule has 1 aliphatic carbocycles. The highest BCUT2D eigenvalue weighted by Crippen LogP contribution is 2.37. The highest BCUT2D eigenvalue weighted by molar-refractivity contribution is 5.92. The van der Waals surface area contributed by atoms with Crippen LogP contribution in [0.25, 0.3) is 11.6 Å². The van der Waals surface area contributed by atoms with E-state index in [1.165, 1.54) is 87.3 Å². The molecule has 0 aromatic heterocycles. The average molecular weight is 506 g/mol. The van der Waals surface area contributed by atoms with E-state index >= 15 is 0 Å². The van der Waals surface area contributed by atoms with Crippen molar-refractivity contribution in [2.75, 3.05) is 4.90 Å². The number of hydrogen-bond donors (Lipinski definition) is 0. The van der Waals surface area contributed by atoms with Gasteiger partial charge in [-0.05, 0) is 115 Å². The van der Waals surface area contributed by atoms with Gasteiger partial charge in [0.1, 0.15) is 0 Å². The zero-order chi connectivity index (χ0) is 26.6. The van der Waals surface area contributed by atoms with E-state index in [1.54, 1.807) is 0 Å². The second-order valence-electron chi connectivity index (χ2n) is 10.7. The van der Waals surface area contributed by atoms with Gasteiger partial charge >= 0.3 is 0 Å². The number of anilines is 3. The fourth-order valence-electron chi connectivity index (χ4n) is 5.73. The monoisotopic (exact) mass is 505 g/mol. The number of hydrogen-bond acceptors (Lipinski definition) is 1. The zero-order valence-corrected chi connectivity index (χ0v) is 22.9. The first-order chi connectivity index (χ1) is 19.1. The van der Waals surface area contributed by atoms with Gasteiger partial charge in [0.2, 0.25) is 0 Å². The van der Waals surface area contributed by atoms with E-state index in [0.29, 0.717) is 0 Å². The minimum absolute atomic E-state index is 1.17. The molecule has 0 amide bonds. The van der Waals surface area contributed by atoms with Gasteiger partial charge in [-0.3, -0.25) is 0 Å². The summed E-state index contributed by atoms with van der Waals surface area (Å²) in [6.07, 6.45) is 7.28. The summed E-state index contributed by atoms with van der Waals surface area (Å²) in [6, 6.07) is 44.3. The van der Waals surface area contributed by atoms with Gasteiger partial charge < -0.3 is 4.90 Å². The molecule has 0 heterocycles. The smallest absolute Gasteiger partial charge is 0.0464 e. The van der Waals surface area contributed by atoms with Crippen LogP contribution in [0.1, 0.15) is 51.8 Å². The molecule has 0 N–H and O–H groups in total. The lowest BCUT2D eigenvalue weighted by Gasteiger charge is -2.27. The van der Waals surface area contributed by atoms with Crippen molar-refractivity contribution < 1.29 is 0 Å². The van der Waals surface area contributed by atoms with Crippen LogP contribution in [-0.2, 0) is 12.8 Å². The molecule has 192 valence electrons. The molecule has 0 bridgehead atoms. The maximum Gasteiger partial charge on any atom is 0.0464 e. The van der Waals surface area contributed by atoms with Crippen molar-refractivity contribution in [3.05, 3.63) is 160 Å². The Morgan fingerprint density at radius 1 is 0.538 bits per heavy atom. The number of rotatable bonds is 6. The summed E-state index contributed by atoms with van der Waals surface area (Å²) >= 11 is 0. The third kappa shape index (κ3) is 5.59. The summed E-state index contributed by atoms with van der Waals surface area (Å²) in [6.45, 7) is 4.32. The van der Waals surface area contributed by atoms with Crippen molar-refractivity contribution in [1.29, 1.82) is 0 Å². The highest BCUT2D eigenvalue weighted by atomic mass is 15.1. The Hall–Kier alpha value is -4.36. The quantitative estimate of drug-likeness (QED) is 0.207. The topological polar surface area (TPSA) is 3.24 Å². The van der Waals surface area contributed by atoms with E-state index in [9.17, 15) is 0 Å². The third-order valence-electron chi connectivity index (χ3n) is 7.73. The Kier molecular flexibility index (Phi) is 7.15. The third-order valence-corrected chi connectivity index (χ3v) is 7.73. The van der Waals surface area contributed by atoms with E-state index in [4.69, 9.17) is 0 Å². The molecule has 0 atom stereocenters. The number of benzene rings is 5. The summed E-state index contributed by atoms with van der Waals surface area (Å²) < 4.78 is 0. The molecule has 6 rings (SSSR count). The SMILES string of the molecule is Cc1cccc(C(=Cc2ccc(N(c3ccccc3)c3ccc4c(c3)CCCC4)cc2)c2cccc(C)c2)c1. The Labute approximate surface area is 233 Å². The molecule has 1 nitrogen and oxygen atoms in total. The van der Waals surface area contributed by atoms with Crippen molar-refractivity contribution in [1.82, 2.24) is 0 Å². The molecule has 0 saturated carbocycles. The van der Waals surface area contributed by atoms with Crippen LogP contribution in [0, 0.1) is 13.8 Å². The van der Waals surface area contributed by atoms with Gasteiger partial charge in [0, 0.05) is 17.1 Å². The molecule has 0 unspecified atom stereocenters. The highest BCUT2D eigenvalue weighted by Gasteiger charge is 2.16. The fraction of sp³-hybridized carbons (Fsp3) is 0.158. The predicted molar refractivity (Wildman–Crippen MR) is 167 cm³/mol. The number of aryl methyl sites for hydroxylation is 4. The number of fused-ring (bicyclic) bond motifs is 1. The Morgan fingerprint density at radius 3 is 1.77 bits per heavy atom. The zero-order valence-electron chi connectivity index (χ0n) is 22.9. The molecule has 0 fully saturated rings. The van der Waals surface area contributed by atoms with Crippen LogP contribution in [0.4, 0.5) is 17.1 Å². The summed E-state index contributed by atoms with van der Waals surface area (Å²) in [7, 11) is 0. The van der Waals surface area contributed by atoms with Crippen molar-refractivity contribution in [2.24, 2.45) is 0 Å². The van der Waals surface area contributed by atoms with Gasteiger partial charge in [-0.25, -0.2) is 0 Å². The van der Waals surface area contributed by atoms with Crippen LogP contribution in [0.2, 0.25) is 0 Å². The molecule has 1 aliphatic rings. The summed E-state index contributed by atoms with van der Waals surface area (Å²) in [5.41, 5.74) is 14.0. The molecule has 39 heavy (non-hydrogen) atoms. The van der Waals surface area contributed by atoms with Crippen LogP contribution >= 0.6 is 0 Å². The van der Waals surface area contributed by atoms with E-state index < -0.39 is 0 Å². The fourth-order valence-corrected chi connectivity index (χ4v) is 5.73. The number of para-hydroxylation sites is 1. The van der Waals surface area contributed by atoms with Crippen molar-refractivity contribution in [3.63, 3.8) is 0 Å². The van der Waals surface area contributed by atoms with Gasteiger partial charge in [-0.2, -0.15) is 0 Å². The Balaban J connectivity index is 1.40. The average Bonchev–Trinajstić information content (AvgIpc) is 2.97. The molecule has 0 spiro atoms. The van der Waals surface area contributed by atoms with Gasteiger partial charge in [0.15, 0.2) is 0 Å². The molecule has 0 aliphatic heterocycles. The molecular formula is C38H35N. The molecular weight excluding hydrogens is 470 g/mol. The summed E-state index contributed by atoms with van der Waals surface area (Å²) in [4.78, 5) is 2.38. The van der Waals surface area contributed by atoms with Crippen molar-refractivity contribution >= 4 is 28.7 Å². The molecule has 0 saturated heterocycles. The molecule has 1 heteroatoms. The van der Waals surface area contributed by atoms with E-state index in [1.807, 2.05) is 0 Å². The normalized spacial score (nSPS) is 12.5.